The Morgan fingerprint density at radius 2 is 2.00 bits per heavy atom. The third-order valence-corrected chi connectivity index (χ3v) is 4.88. The molecule has 1 aliphatic carbocycles. The van der Waals surface area contributed by atoms with Gasteiger partial charge < -0.3 is 15.5 Å². The highest BCUT2D eigenvalue weighted by Gasteiger charge is 2.50. The summed E-state index contributed by atoms with van der Waals surface area (Å²) in [5, 5.41) is 24.5. The Kier molecular flexibility index (Phi) is 6.42. The maximum Gasteiger partial charge on any atom is 0.340 e. The number of nitrogens with one attached hydrogen (secondary N) is 1. The standard InChI is InChI=1S/C20H27NO3/c1-3-5-9-15-14-17(21-4-2)12-13-18(15)20(24,19(22)23)16-10-7-6-8-11-16/h6-8,10-11,15,17-18,21,24H,3-4,12-14H2,1-2H3,(H,22,23). The molecular weight excluding hydrogens is 302 g/mol. The van der Waals surface area contributed by atoms with Gasteiger partial charge in [-0.15, -0.1) is 5.92 Å². The summed E-state index contributed by atoms with van der Waals surface area (Å²) in [6, 6.07) is 9.06. The van der Waals surface area contributed by atoms with Gasteiger partial charge >= 0.3 is 5.97 Å². The van der Waals surface area contributed by atoms with E-state index in [1.807, 2.05) is 13.0 Å². The van der Waals surface area contributed by atoms with Crippen LogP contribution in [0.3, 0.4) is 0 Å². The van der Waals surface area contributed by atoms with Crippen molar-refractivity contribution in [1.29, 1.82) is 0 Å². The van der Waals surface area contributed by atoms with Gasteiger partial charge in [0, 0.05) is 24.3 Å². The second kappa shape index (κ2) is 8.32. The molecule has 4 unspecified atom stereocenters. The van der Waals surface area contributed by atoms with E-state index in [9.17, 15) is 15.0 Å². The van der Waals surface area contributed by atoms with Crippen LogP contribution in [0.4, 0.5) is 0 Å². The molecule has 0 saturated heterocycles. The van der Waals surface area contributed by atoms with E-state index in [0.717, 1.165) is 25.8 Å². The first kappa shape index (κ1) is 18.5. The molecule has 4 nitrogen and oxygen atoms in total. The van der Waals surface area contributed by atoms with Crippen molar-refractivity contribution in [2.24, 2.45) is 11.8 Å². The van der Waals surface area contributed by atoms with Crippen LogP contribution in [0.2, 0.25) is 0 Å². The molecule has 1 aliphatic rings. The van der Waals surface area contributed by atoms with Gasteiger partial charge in [-0.3, -0.25) is 0 Å². The zero-order chi connectivity index (χ0) is 17.6. The Morgan fingerprint density at radius 3 is 2.58 bits per heavy atom. The molecular formula is C20H27NO3. The molecule has 1 aromatic carbocycles. The predicted octanol–water partition coefficient (Wildman–Crippen LogP) is 2.77. The van der Waals surface area contributed by atoms with Crippen molar-refractivity contribution in [2.75, 3.05) is 6.54 Å². The molecule has 0 aliphatic heterocycles. The SMILES string of the molecule is CCC#CC1CC(NCC)CCC1C(O)(C(=O)O)c1ccccc1. The third-order valence-electron chi connectivity index (χ3n) is 4.88. The highest BCUT2D eigenvalue weighted by molar-refractivity contribution is 5.79. The van der Waals surface area contributed by atoms with E-state index in [0.29, 0.717) is 18.0 Å². The van der Waals surface area contributed by atoms with Gasteiger partial charge in [0.2, 0.25) is 0 Å². The molecule has 0 amide bonds. The summed E-state index contributed by atoms with van der Waals surface area (Å²) in [5.74, 6) is 4.58. The molecule has 2 rings (SSSR count). The molecule has 4 heteroatoms. The highest BCUT2D eigenvalue weighted by Crippen LogP contribution is 2.43. The van der Waals surface area contributed by atoms with Gasteiger partial charge in [-0.2, -0.15) is 0 Å². The summed E-state index contributed by atoms with van der Waals surface area (Å²) in [6.07, 6.45) is 2.99. The lowest BCUT2D eigenvalue weighted by molar-refractivity contribution is -0.170. The van der Waals surface area contributed by atoms with Gasteiger partial charge in [0.05, 0.1) is 0 Å². The van der Waals surface area contributed by atoms with Gasteiger partial charge in [-0.1, -0.05) is 50.1 Å². The van der Waals surface area contributed by atoms with Crippen molar-refractivity contribution in [3.8, 4) is 11.8 Å². The van der Waals surface area contributed by atoms with Gasteiger partial charge in [0.25, 0.3) is 0 Å². The van der Waals surface area contributed by atoms with Gasteiger partial charge in [-0.05, 0) is 31.4 Å². The summed E-state index contributed by atoms with van der Waals surface area (Å²) in [6.45, 7) is 4.93. The van der Waals surface area contributed by atoms with Gasteiger partial charge in [-0.25, -0.2) is 4.79 Å². The largest absolute Gasteiger partial charge is 0.479 e. The molecule has 3 N–H and O–H groups in total. The summed E-state index contributed by atoms with van der Waals surface area (Å²) in [4.78, 5) is 12.0. The second-order valence-corrected chi connectivity index (χ2v) is 6.39. The fourth-order valence-corrected chi connectivity index (χ4v) is 3.73. The van der Waals surface area contributed by atoms with E-state index in [1.54, 1.807) is 24.3 Å². The maximum absolute atomic E-state index is 12.0. The van der Waals surface area contributed by atoms with Crippen LogP contribution in [0.15, 0.2) is 30.3 Å². The van der Waals surface area contributed by atoms with Crippen LogP contribution in [0, 0.1) is 23.7 Å². The third kappa shape index (κ3) is 3.80. The summed E-state index contributed by atoms with van der Waals surface area (Å²) in [7, 11) is 0. The zero-order valence-electron chi connectivity index (χ0n) is 14.5. The molecule has 1 fully saturated rings. The molecule has 1 saturated carbocycles. The van der Waals surface area contributed by atoms with Crippen molar-refractivity contribution < 1.29 is 15.0 Å². The Labute approximate surface area is 144 Å². The minimum absolute atomic E-state index is 0.135. The monoisotopic (exact) mass is 329 g/mol. The number of benzene rings is 1. The topological polar surface area (TPSA) is 69.6 Å². The lowest BCUT2D eigenvalue weighted by atomic mass is 9.66. The molecule has 0 aromatic heterocycles. The average Bonchev–Trinajstić information content (AvgIpc) is 2.60. The van der Waals surface area contributed by atoms with E-state index in [1.165, 1.54) is 0 Å². The van der Waals surface area contributed by atoms with Crippen molar-refractivity contribution >= 4 is 5.97 Å². The fraction of sp³-hybridized carbons (Fsp3) is 0.550. The van der Waals surface area contributed by atoms with E-state index in [4.69, 9.17) is 0 Å². The van der Waals surface area contributed by atoms with Crippen molar-refractivity contribution in [3.63, 3.8) is 0 Å². The lowest BCUT2D eigenvalue weighted by Gasteiger charge is -2.41. The molecule has 0 heterocycles. The molecule has 130 valence electrons. The van der Waals surface area contributed by atoms with E-state index in [2.05, 4.69) is 24.1 Å². The summed E-state index contributed by atoms with van der Waals surface area (Å²) in [5.41, 5.74) is -1.46. The van der Waals surface area contributed by atoms with Crippen LogP contribution in [0.25, 0.3) is 0 Å². The number of hydrogen-bond acceptors (Lipinski definition) is 3. The van der Waals surface area contributed by atoms with Crippen LogP contribution in [-0.4, -0.2) is 28.8 Å². The summed E-state index contributed by atoms with van der Waals surface area (Å²) >= 11 is 0. The van der Waals surface area contributed by atoms with Crippen LogP contribution < -0.4 is 5.32 Å². The van der Waals surface area contributed by atoms with Crippen LogP contribution >= 0.6 is 0 Å². The lowest BCUT2D eigenvalue weighted by Crippen LogP contribution is -2.50. The zero-order valence-corrected chi connectivity index (χ0v) is 14.5. The van der Waals surface area contributed by atoms with E-state index >= 15 is 0 Å². The maximum atomic E-state index is 12.0. The first-order valence-corrected chi connectivity index (χ1v) is 8.77. The first-order valence-electron chi connectivity index (χ1n) is 8.77. The Hall–Kier alpha value is -1.83. The number of carbonyl (C=O) groups is 1. The molecule has 4 atom stereocenters. The molecule has 0 radical (unpaired) electrons. The summed E-state index contributed by atoms with van der Waals surface area (Å²) < 4.78 is 0. The van der Waals surface area contributed by atoms with Gasteiger partial charge in [0.1, 0.15) is 0 Å². The average molecular weight is 329 g/mol. The van der Waals surface area contributed by atoms with E-state index < -0.39 is 17.5 Å². The quantitative estimate of drug-likeness (QED) is 0.727. The Bertz CT molecular complexity index is 604. The fourth-order valence-electron chi connectivity index (χ4n) is 3.73. The minimum Gasteiger partial charge on any atom is -0.479 e. The smallest absolute Gasteiger partial charge is 0.340 e. The molecule has 0 spiro atoms. The Balaban J connectivity index is 2.38. The first-order chi connectivity index (χ1) is 11.5. The highest BCUT2D eigenvalue weighted by atomic mass is 16.4. The number of carboxylic acids is 1. The normalized spacial score (nSPS) is 26.0. The van der Waals surface area contributed by atoms with Crippen LogP contribution in [-0.2, 0) is 10.4 Å². The van der Waals surface area contributed by atoms with Crippen molar-refractivity contribution in [1.82, 2.24) is 5.32 Å². The number of aliphatic hydroxyl groups is 1. The number of hydrogen-bond donors (Lipinski definition) is 3. The van der Waals surface area contributed by atoms with Crippen molar-refractivity contribution in [3.05, 3.63) is 35.9 Å². The predicted molar refractivity (Wildman–Crippen MR) is 94.3 cm³/mol. The molecule has 24 heavy (non-hydrogen) atoms. The molecule has 0 bridgehead atoms. The number of aliphatic carboxylic acids is 1. The Morgan fingerprint density at radius 1 is 1.29 bits per heavy atom. The van der Waals surface area contributed by atoms with Crippen LogP contribution in [0.1, 0.15) is 45.1 Å². The molecule has 1 aromatic rings. The van der Waals surface area contributed by atoms with Crippen molar-refractivity contribution in [2.45, 2.75) is 51.2 Å². The van der Waals surface area contributed by atoms with Gasteiger partial charge in [0.15, 0.2) is 5.60 Å². The van der Waals surface area contributed by atoms with Crippen LogP contribution in [0.5, 0.6) is 0 Å². The minimum atomic E-state index is -1.90. The second-order valence-electron chi connectivity index (χ2n) is 6.39. The number of carboxylic acid groups (broad SMARTS) is 1. The number of rotatable bonds is 5. The van der Waals surface area contributed by atoms with E-state index in [-0.39, 0.29) is 5.92 Å².